The Kier molecular flexibility index (Phi) is 16.7. The fourth-order valence-electron chi connectivity index (χ4n) is 3.72. The molecule has 2 rings (SSSR count). The number of carbonyl (C=O) groups excluding carboxylic acids is 4. The number of benzene rings is 1. The Morgan fingerprint density at radius 1 is 1.02 bits per heavy atom. The van der Waals surface area contributed by atoms with E-state index in [0.717, 1.165) is 0 Å². The van der Waals surface area contributed by atoms with E-state index in [9.17, 15) is 27.6 Å². The van der Waals surface area contributed by atoms with E-state index < -0.39 is 45.6 Å². The summed E-state index contributed by atoms with van der Waals surface area (Å²) in [6.45, 7) is 2.49. The van der Waals surface area contributed by atoms with E-state index in [1.807, 2.05) is 0 Å². The lowest BCUT2D eigenvalue weighted by atomic mass is 10.2. The van der Waals surface area contributed by atoms with Gasteiger partial charge in [0.1, 0.15) is 6.10 Å². The molecule has 1 heterocycles. The largest absolute Gasteiger partial charge is 0.534 e. The summed E-state index contributed by atoms with van der Waals surface area (Å²) in [6, 6.07) is 5.38. The van der Waals surface area contributed by atoms with Gasteiger partial charge in [-0.2, -0.15) is 0 Å². The van der Waals surface area contributed by atoms with E-state index in [0.29, 0.717) is 37.9 Å². The topological polar surface area (TPSA) is 222 Å². The summed E-state index contributed by atoms with van der Waals surface area (Å²) >= 11 is 0. The Bertz CT molecular complexity index is 1240. The molecule has 1 aromatic rings. The summed E-state index contributed by atoms with van der Waals surface area (Å²) in [6.07, 6.45) is -2.36. The highest BCUT2D eigenvalue weighted by atomic mass is 32.2. The number of rotatable bonds is 22. The van der Waals surface area contributed by atoms with Crippen LogP contribution in [-0.4, -0.2) is 116 Å². The van der Waals surface area contributed by atoms with E-state index in [1.165, 1.54) is 31.4 Å². The maximum absolute atomic E-state index is 13.2. The van der Waals surface area contributed by atoms with E-state index in [4.69, 9.17) is 34.1 Å². The minimum absolute atomic E-state index is 0.0852. The molecule has 44 heavy (non-hydrogen) atoms. The molecule has 1 unspecified atom stereocenters. The van der Waals surface area contributed by atoms with Crippen LogP contribution < -0.4 is 5.32 Å². The van der Waals surface area contributed by atoms with Crippen molar-refractivity contribution in [3.05, 3.63) is 40.3 Å². The number of azide groups is 1. The third-order valence-electron chi connectivity index (χ3n) is 5.84. The van der Waals surface area contributed by atoms with Crippen LogP contribution in [0.4, 0.5) is 4.79 Å². The molecule has 1 saturated heterocycles. The molecular weight excluding hydrogens is 606 g/mol. The van der Waals surface area contributed by atoms with Crippen LogP contribution in [0, 0.1) is 0 Å². The first-order valence-electron chi connectivity index (χ1n) is 13.8. The minimum Gasteiger partial charge on any atom is -0.428 e. The van der Waals surface area contributed by atoms with Crippen molar-refractivity contribution in [2.75, 3.05) is 72.2 Å². The molecule has 1 atom stereocenters. The molecule has 244 valence electrons. The smallest absolute Gasteiger partial charge is 0.428 e. The van der Waals surface area contributed by atoms with Gasteiger partial charge in [-0.15, -0.1) is 0 Å². The quantitative estimate of drug-likeness (QED) is 0.0475. The number of sulfone groups is 1. The van der Waals surface area contributed by atoms with Gasteiger partial charge in [0.05, 0.1) is 50.3 Å². The second kappa shape index (κ2) is 20.2. The van der Waals surface area contributed by atoms with Gasteiger partial charge in [-0.3, -0.25) is 19.2 Å². The summed E-state index contributed by atoms with van der Waals surface area (Å²) in [7, 11) is -2.60. The molecule has 0 aromatic heterocycles. The molecule has 1 aliphatic rings. The maximum atomic E-state index is 13.2. The van der Waals surface area contributed by atoms with Crippen molar-refractivity contribution in [2.24, 2.45) is 5.11 Å². The van der Waals surface area contributed by atoms with Crippen molar-refractivity contribution < 1.29 is 56.1 Å². The Hall–Kier alpha value is -3.80. The van der Waals surface area contributed by atoms with Crippen LogP contribution >= 0.6 is 0 Å². The number of methoxy groups -OCH3 is 1. The number of ether oxygens (including phenoxy) is 5. The minimum atomic E-state index is -4.06. The lowest BCUT2D eigenvalue weighted by molar-refractivity contribution is -0.178. The lowest BCUT2D eigenvalue weighted by Crippen LogP contribution is -2.35. The van der Waals surface area contributed by atoms with E-state index in [-0.39, 0.29) is 62.6 Å². The number of imide groups is 1. The molecule has 0 saturated carbocycles. The van der Waals surface area contributed by atoms with Crippen LogP contribution in [0.15, 0.2) is 34.3 Å². The zero-order chi connectivity index (χ0) is 32.2. The fraction of sp³-hybridized carbons (Fsp3) is 0.615. The number of hydrogen-bond acceptors (Lipinski definition) is 13. The van der Waals surface area contributed by atoms with Gasteiger partial charge in [-0.25, -0.2) is 13.2 Å². The van der Waals surface area contributed by atoms with Crippen molar-refractivity contribution in [3.63, 3.8) is 0 Å². The zero-order valence-corrected chi connectivity index (χ0v) is 25.2. The first kappa shape index (κ1) is 36.4. The number of amides is 3. The van der Waals surface area contributed by atoms with Crippen LogP contribution in [0.3, 0.4) is 0 Å². The molecule has 1 N–H and O–H groups in total. The number of hydrogen-bond donors (Lipinski definition) is 1. The standard InChI is InChI=1S/C26H37N5O12S/c1-38-11-3-5-21(42-26(35)43-31-23(32)7-8-24(31)33)19-44(36,37)22-6-2-4-20(18-22)25(34)28-9-12-39-14-16-41-17-15-40-13-10-29-30-27/h2,4,6,18,21H,3,5,7-17,19H2,1H3,(H,28,34). The lowest BCUT2D eigenvalue weighted by Gasteiger charge is -2.19. The predicted octanol–water partition coefficient (Wildman–Crippen LogP) is 1.56. The molecule has 1 aromatic carbocycles. The molecule has 18 heteroatoms. The van der Waals surface area contributed by atoms with E-state index in [1.54, 1.807) is 0 Å². The first-order chi connectivity index (χ1) is 21.2. The summed E-state index contributed by atoms with van der Waals surface area (Å²) in [5.41, 5.74) is 8.25. The van der Waals surface area contributed by atoms with Gasteiger partial charge in [0.2, 0.25) is 0 Å². The third kappa shape index (κ3) is 13.7. The summed E-state index contributed by atoms with van der Waals surface area (Å²) in [4.78, 5) is 55.4. The number of nitrogens with one attached hydrogen (secondary N) is 1. The maximum Gasteiger partial charge on any atom is 0.534 e. The molecule has 1 fully saturated rings. The van der Waals surface area contributed by atoms with Gasteiger partial charge in [-0.05, 0) is 36.6 Å². The SMILES string of the molecule is COCCCC(CS(=O)(=O)c1cccc(C(=O)NCCOCCOCCOCCN=[N+]=[N-])c1)OC(=O)ON1C(=O)CCC1=O. The second-order valence-electron chi connectivity index (χ2n) is 9.15. The van der Waals surface area contributed by atoms with Crippen molar-refractivity contribution in [3.8, 4) is 0 Å². The number of carbonyl (C=O) groups is 4. The highest BCUT2D eigenvalue weighted by Gasteiger charge is 2.34. The van der Waals surface area contributed by atoms with Crippen LogP contribution in [0.25, 0.3) is 10.4 Å². The van der Waals surface area contributed by atoms with Crippen molar-refractivity contribution in [1.82, 2.24) is 10.4 Å². The summed E-state index contributed by atoms with van der Waals surface area (Å²) in [5, 5.41) is 6.29. The summed E-state index contributed by atoms with van der Waals surface area (Å²) < 4.78 is 52.4. The molecule has 1 aliphatic heterocycles. The van der Waals surface area contributed by atoms with E-state index in [2.05, 4.69) is 15.3 Å². The van der Waals surface area contributed by atoms with Gasteiger partial charge in [0.25, 0.3) is 17.7 Å². The first-order valence-corrected chi connectivity index (χ1v) is 15.4. The highest BCUT2D eigenvalue weighted by molar-refractivity contribution is 7.91. The van der Waals surface area contributed by atoms with Gasteiger partial charge in [0, 0.05) is 50.1 Å². The van der Waals surface area contributed by atoms with E-state index >= 15 is 0 Å². The average Bonchev–Trinajstić information content (AvgIpc) is 3.31. The Balaban J connectivity index is 1.82. The van der Waals surface area contributed by atoms with Gasteiger partial charge in [0.15, 0.2) is 9.84 Å². The van der Waals surface area contributed by atoms with Gasteiger partial charge in [-0.1, -0.05) is 16.2 Å². The molecule has 3 amide bonds. The normalized spacial score (nSPS) is 13.8. The van der Waals surface area contributed by atoms with Gasteiger partial charge < -0.3 is 29.0 Å². The third-order valence-corrected chi connectivity index (χ3v) is 7.63. The molecule has 0 spiro atoms. The second-order valence-corrected chi connectivity index (χ2v) is 11.2. The zero-order valence-electron chi connectivity index (χ0n) is 24.4. The summed E-state index contributed by atoms with van der Waals surface area (Å²) in [5.74, 6) is -2.57. The van der Waals surface area contributed by atoms with Gasteiger partial charge >= 0.3 is 6.16 Å². The highest BCUT2D eigenvalue weighted by Crippen LogP contribution is 2.19. The monoisotopic (exact) mass is 643 g/mol. The molecule has 0 bridgehead atoms. The van der Waals surface area contributed by atoms with Crippen molar-refractivity contribution in [2.45, 2.75) is 36.7 Å². The Morgan fingerprint density at radius 2 is 1.68 bits per heavy atom. The molecule has 0 radical (unpaired) electrons. The predicted molar refractivity (Wildman–Crippen MR) is 151 cm³/mol. The van der Waals surface area contributed by atoms with Crippen molar-refractivity contribution in [1.29, 1.82) is 0 Å². The Morgan fingerprint density at radius 3 is 2.34 bits per heavy atom. The fourth-order valence-corrected chi connectivity index (χ4v) is 5.23. The number of nitrogens with zero attached hydrogens (tertiary/aromatic N) is 4. The van der Waals surface area contributed by atoms with Crippen LogP contribution in [0.1, 0.15) is 36.0 Å². The van der Waals surface area contributed by atoms with Crippen LogP contribution in [-0.2, 0) is 47.9 Å². The average molecular weight is 644 g/mol. The molecular formula is C26H37N5O12S. The molecule has 17 nitrogen and oxygen atoms in total. The van der Waals surface area contributed by atoms with Crippen molar-refractivity contribution >= 4 is 33.7 Å². The number of hydroxylamine groups is 2. The van der Waals surface area contributed by atoms with Crippen LogP contribution in [0.5, 0.6) is 0 Å². The van der Waals surface area contributed by atoms with Crippen LogP contribution in [0.2, 0.25) is 0 Å². The molecule has 0 aliphatic carbocycles. The Labute approximate surface area is 254 Å².